The lowest BCUT2D eigenvalue weighted by molar-refractivity contribution is 0.962. The molecule has 0 fully saturated rings. The van der Waals surface area contributed by atoms with Crippen molar-refractivity contribution in [1.29, 1.82) is 0 Å². The Morgan fingerprint density at radius 3 is 1.96 bits per heavy atom. The van der Waals surface area contributed by atoms with E-state index in [1.165, 1.54) is 69.9 Å². The number of nitrogens with zero attached hydrogens (tertiary/aromatic N) is 2. The Bertz CT molecular complexity index is 2590. The second-order valence-corrected chi connectivity index (χ2v) is 16.3. The molecule has 1 aromatic heterocycles. The number of thiophene rings is 1. The Morgan fingerprint density at radius 2 is 1.20 bits per heavy atom. The van der Waals surface area contributed by atoms with Gasteiger partial charge in [0.05, 0.1) is 0 Å². The Labute approximate surface area is 306 Å². The number of aliphatic imine (C=N–C) groups is 2. The molecule has 0 saturated heterocycles. The van der Waals surface area contributed by atoms with E-state index in [9.17, 15) is 0 Å². The summed E-state index contributed by atoms with van der Waals surface area (Å²) in [5.74, 6) is 0.786. The number of benzene rings is 7. The van der Waals surface area contributed by atoms with Crippen LogP contribution in [-0.4, -0.2) is 13.2 Å². The molecule has 0 spiro atoms. The summed E-state index contributed by atoms with van der Waals surface area (Å²) in [6.07, 6.45) is 1.94. The Morgan fingerprint density at radius 1 is 0.560 bits per heavy atom. The summed E-state index contributed by atoms with van der Waals surface area (Å²) >= 11 is 1.28. The van der Waals surface area contributed by atoms with Crippen molar-refractivity contribution in [2.24, 2.45) is 9.98 Å². The smallest absolute Gasteiger partial charge is 0.161 e. The highest BCUT2D eigenvalue weighted by molar-refractivity contribution is 14.2. The number of aryl methyl sites for hydroxylation is 3. The van der Waals surface area contributed by atoms with Crippen LogP contribution in [0.3, 0.4) is 0 Å². The normalized spacial score (nSPS) is 13.2. The van der Waals surface area contributed by atoms with Gasteiger partial charge < -0.3 is 0 Å². The van der Waals surface area contributed by atoms with Crippen LogP contribution in [0.5, 0.6) is 0 Å². The molecule has 7 aromatic carbocycles. The van der Waals surface area contributed by atoms with Crippen molar-refractivity contribution in [2.75, 3.05) is 0 Å². The van der Waals surface area contributed by atoms with Crippen molar-refractivity contribution in [1.82, 2.24) is 0 Å². The van der Waals surface area contributed by atoms with Crippen LogP contribution in [0.2, 0.25) is 0 Å². The third kappa shape index (κ3) is 5.72. The molecule has 4 heteroatoms. The average molecular weight is 773 g/mol. The molecule has 0 radical (unpaired) electrons. The van der Waals surface area contributed by atoms with Crippen LogP contribution < -0.4 is 0 Å². The molecule has 1 aliphatic heterocycles. The van der Waals surface area contributed by atoms with E-state index in [1.807, 2.05) is 17.4 Å². The van der Waals surface area contributed by atoms with Crippen LogP contribution in [0, 0.1) is 6.92 Å². The van der Waals surface area contributed by atoms with Gasteiger partial charge in [-0.1, -0.05) is 146 Å². The molecule has 0 bridgehead atoms. The number of halogens is 1. The minimum absolute atomic E-state index is 0.636. The highest BCUT2D eigenvalue weighted by atomic mass is 127. The van der Waals surface area contributed by atoms with Gasteiger partial charge in [0.15, 0.2) is 5.84 Å². The van der Waals surface area contributed by atoms with Gasteiger partial charge in [0, 0.05) is 36.9 Å². The standard InChI is InChI=1S/C46H33IN2S/c1-30-41(36-21-11-12-22-37(36)42-38-23-13-14-24-40(38)50-43(30)42)39-29-35(28-27-32(39)26-25-31-15-5-2-6-16-31)45-47-44(33-17-7-3-8-18-33)48-46(49-45)34-19-9-4-10-20-34/h2-24,27-29H,25-26H2,1H3. The Hall–Kier alpha value is -5.04. The zero-order valence-electron chi connectivity index (χ0n) is 27.6. The van der Waals surface area contributed by atoms with Gasteiger partial charge >= 0.3 is 0 Å². The number of amidine groups is 1. The Balaban J connectivity index is 1.28. The monoisotopic (exact) mass is 772 g/mol. The third-order valence-electron chi connectivity index (χ3n) is 9.55. The lowest BCUT2D eigenvalue weighted by atomic mass is 9.86. The molecule has 9 rings (SSSR count). The van der Waals surface area contributed by atoms with Gasteiger partial charge in [0.1, 0.15) is 7.35 Å². The summed E-state index contributed by atoms with van der Waals surface area (Å²) in [4.78, 5) is 10.5. The van der Waals surface area contributed by atoms with Gasteiger partial charge in [-0.05, 0) is 91.2 Å². The first kappa shape index (κ1) is 31.0. The highest BCUT2D eigenvalue weighted by Gasteiger charge is 2.22. The van der Waals surface area contributed by atoms with Crippen LogP contribution in [0.15, 0.2) is 168 Å². The van der Waals surface area contributed by atoms with Crippen molar-refractivity contribution in [3.05, 3.63) is 191 Å². The van der Waals surface area contributed by atoms with E-state index in [2.05, 4.69) is 159 Å². The number of fused-ring (bicyclic) bond motifs is 5. The number of rotatable bonds is 7. The summed E-state index contributed by atoms with van der Waals surface area (Å²) in [6, 6.07) is 56.9. The highest BCUT2D eigenvalue weighted by Crippen LogP contribution is 2.46. The molecule has 1 aliphatic rings. The molecule has 240 valence electrons. The van der Waals surface area contributed by atoms with Gasteiger partial charge in [0.25, 0.3) is 0 Å². The molecule has 0 N–H and O–H groups in total. The maximum Gasteiger partial charge on any atom is 0.161 e. The van der Waals surface area contributed by atoms with Crippen LogP contribution in [0.1, 0.15) is 33.4 Å². The topological polar surface area (TPSA) is 24.7 Å². The molecule has 2 nitrogen and oxygen atoms in total. The minimum atomic E-state index is -0.636. The summed E-state index contributed by atoms with van der Waals surface area (Å²) in [6.45, 7) is 2.33. The fourth-order valence-corrected chi connectivity index (χ4v) is 10.8. The summed E-state index contributed by atoms with van der Waals surface area (Å²) in [5.41, 5.74) is 10.1. The van der Waals surface area contributed by atoms with Crippen molar-refractivity contribution in [3.63, 3.8) is 0 Å². The Kier molecular flexibility index (Phi) is 8.27. The molecule has 2 heterocycles. The molecule has 0 atom stereocenters. The summed E-state index contributed by atoms with van der Waals surface area (Å²) in [5, 5.41) is 5.34. The largest absolute Gasteiger partial charge is 0.222 e. The van der Waals surface area contributed by atoms with Crippen LogP contribution in [0.4, 0.5) is 0 Å². The molecule has 0 saturated carbocycles. The SMILES string of the molecule is Cc1c(-c2cc(C3=NC(c4ccccc4)=NC(c4ccccc4)=I3)ccc2CCc2ccccc2)c2ccccc2c2c1sc1ccccc12. The van der Waals surface area contributed by atoms with E-state index < -0.39 is 20.7 Å². The number of hydrogen-bond donors (Lipinski definition) is 0. The van der Waals surface area contributed by atoms with Crippen molar-refractivity contribution < 1.29 is 0 Å². The van der Waals surface area contributed by atoms with Crippen molar-refractivity contribution in [2.45, 2.75) is 19.8 Å². The van der Waals surface area contributed by atoms with Crippen LogP contribution >= 0.6 is 32.1 Å². The fourth-order valence-electron chi connectivity index (χ4n) is 7.11. The number of hydrogen-bond acceptors (Lipinski definition) is 3. The predicted molar refractivity (Wildman–Crippen MR) is 225 cm³/mol. The second kappa shape index (κ2) is 13.3. The molecule has 50 heavy (non-hydrogen) atoms. The van der Waals surface area contributed by atoms with Crippen molar-refractivity contribution in [3.8, 4) is 11.1 Å². The van der Waals surface area contributed by atoms with Gasteiger partial charge in [-0.15, -0.1) is 11.3 Å². The third-order valence-corrected chi connectivity index (χ3v) is 13.6. The fraction of sp³-hybridized carbons (Fsp3) is 0.0652. The minimum Gasteiger partial charge on any atom is -0.222 e. The lowest BCUT2D eigenvalue weighted by Gasteiger charge is -2.19. The van der Waals surface area contributed by atoms with Gasteiger partial charge in [0.2, 0.25) is 0 Å². The van der Waals surface area contributed by atoms with E-state index in [0.717, 1.165) is 31.6 Å². The lowest BCUT2D eigenvalue weighted by Crippen LogP contribution is -2.11. The first-order valence-corrected chi connectivity index (χ1v) is 20.0. The molecule has 0 amide bonds. The van der Waals surface area contributed by atoms with Crippen LogP contribution in [-0.2, 0) is 12.8 Å². The van der Waals surface area contributed by atoms with Gasteiger partial charge in [-0.25, -0.2) is 9.98 Å². The molecule has 0 aliphatic carbocycles. The van der Waals surface area contributed by atoms with E-state index in [0.29, 0.717) is 0 Å². The molecule has 8 aromatic rings. The molecular weight excluding hydrogens is 739 g/mol. The summed E-state index contributed by atoms with van der Waals surface area (Å²) < 4.78 is 5.01. The van der Waals surface area contributed by atoms with E-state index in [4.69, 9.17) is 9.98 Å². The van der Waals surface area contributed by atoms with E-state index in [1.54, 1.807) is 0 Å². The maximum absolute atomic E-state index is 5.32. The second-order valence-electron chi connectivity index (χ2n) is 12.7. The molecular formula is C46H33IN2S. The van der Waals surface area contributed by atoms with E-state index in [-0.39, 0.29) is 0 Å². The average Bonchev–Trinajstić information content (AvgIpc) is 3.59. The zero-order valence-corrected chi connectivity index (χ0v) is 30.6. The first-order chi connectivity index (χ1) is 24.7. The zero-order chi connectivity index (χ0) is 33.4. The van der Waals surface area contributed by atoms with Gasteiger partial charge in [-0.3, -0.25) is 0 Å². The summed E-state index contributed by atoms with van der Waals surface area (Å²) in [7, 11) is 0. The quantitative estimate of drug-likeness (QED) is 0.144. The van der Waals surface area contributed by atoms with E-state index >= 15 is 0 Å². The maximum atomic E-state index is 5.32. The van der Waals surface area contributed by atoms with Crippen LogP contribution in [0.25, 0.3) is 42.1 Å². The van der Waals surface area contributed by atoms with Gasteiger partial charge in [-0.2, -0.15) is 0 Å². The predicted octanol–water partition coefficient (Wildman–Crippen LogP) is 12.3. The molecule has 0 unspecified atom stereocenters. The van der Waals surface area contributed by atoms with Crippen molar-refractivity contribution >= 4 is 76.2 Å². The first-order valence-electron chi connectivity index (χ1n) is 17.0.